The van der Waals surface area contributed by atoms with Gasteiger partial charge in [-0.05, 0) is 42.8 Å². The normalized spacial score (nSPS) is 14.3. The number of carbonyl (C=O) groups excluding carboxylic acids is 1. The molecule has 114 valence electrons. The molecule has 0 aliphatic carbocycles. The number of amides is 1. The number of halogens is 1. The topological polar surface area (TPSA) is 47.6 Å². The van der Waals surface area contributed by atoms with Crippen molar-refractivity contribution in [3.05, 3.63) is 58.1 Å². The maximum absolute atomic E-state index is 12.4. The molecule has 4 nitrogen and oxygen atoms in total. The predicted octanol–water partition coefficient (Wildman–Crippen LogP) is 3.71. The van der Waals surface area contributed by atoms with Gasteiger partial charge in [-0.2, -0.15) is 0 Å². The van der Waals surface area contributed by atoms with Crippen LogP contribution in [0.4, 0.5) is 0 Å². The van der Waals surface area contributed by atoms with E-state index in [1.807, 2.05) is 31.2 Å². The van der Waals surface area contributed by atoms with Crippen LogP contribution in [-0.2, 0) is 0 Å². The van der Waals surface area contributed by atoms with Crippen LogP contribution in [-0.4, -0.2) is 19.1 Å². The second-order valence-corrected chi connectivity index (χ2v) is 6.02. The standard InChI is InChI=1S/C17H16BrNO3/c1-11(12-2-5-14(18)6-3-12)19-17(20)13-4-7-15-16(10-13)22-9-8-21-15/h2-7,10-11H,8-9H2,1H3,(H,19,20)/t11-/m0/s1. The molecule has 0 saturated carbocycles. The molecule has 2 aromatic rings. The molecule has 0 radical (unpaired) electrons. The smallest absolute Gasteiger partial charge is 0.251 e. The molecule has 2 aromatic carbocycles. The van der Waals surface area contributed by atoms with Gasteiger partial charge in [0.1, 0.15) is 13.2 Å². The lowest BCUT2D eigenvalue weighted by atomic mass is 10.1. The Morgan fingerprint density at radius 3 is 2.50 bits per heavy atom. The quantitative estimate of drug-likeness (QED) is 0.906. The van der Waals surface area contributed by atoms with E-state index in [1.165, 1.54) is 0 Å². The summed E-state index contributed by atoms with van der Waals surface area (Å²) in [5, 5.41) is 2.99. The first-order valence-electron chi connectivity index (χ1n) is 7.09. The third kappa shape index (κ3) is 3.25. The second kappa shape index (κ2) is 6.40. The highest BCUT2D eigenvalue weighted by atomic mass is 79.9. The minimum absolute atomic E-state index is 0.0752. The Morgan fingerprint density at radius 2 is 1.77 bits per heavy atom. The van der Waals surface area contributed by atoms with Crippen LogP contribution in [0.3, 0.4) is 0 Å². The van der Waals surface area contributed by atoms with Gasteiger partial charge in [-0.3, -0.25) is 4.79 Å². The first-order chi connectivity index (χ1) is 10.6. The van der Waals surface area contributed by atoms with Crippen molar-refractivity contribution in [2.24, 2.45) is 0 Å². The van der Waals surface area contributed by atoms with E-state index < -0.39 is 0 Å². The molecule has 1 heterocycles. The second-order valence-electron chi connectivity index (χ2n) is 5.11. The zero-order chi connectivity index (χ0) is 15.5. The summed E-state index contributed by atoms with van der Waals surface area (Å²) in [4.78, 5) is 12.4. The fourth-order valence-electron chi connectivity index (χ4n) is 2.30. The molecule has 5 heteroatoms. The Labute approximate surface area is 137 Å². The molecule has 0 bridgehead atoms. The number of nitrogens with one attached hydrogen (secondary N) is 1. The molecule has 1 N–H and O–H groups in total. The molecule has 1 aliphatic heterocycles. The van der Waals surface area contributed by atoms with Crippen molar-refractivity contribution >= 4 is 21.8 Å². The molecule has 0 unspecified atom stereocenters. The fraction of sp³-hybridized carbons (Fsp3) is 0.235. The molecule has 22 heavy (non-hydrogen) atoms. The van der Waals surface area contributed by atoms with Crippen molar-refractivity contribution in [1.29, 1.82) is 0 Å². The molecule has 0 saturated heterocycles. The molecule has 0 spiro atoms. The third-order valence-electron chi connectivity index (χ3n) is 3.52. The van der Waals surface area contributed by atoms with Crippen LogP contribution in [0, 0.1) is 0 Å². The summed E-state index contributed by atoms with van der Waals surface area (Å²) < 4.78 is 12.0. The molecular weight excluding hydrogens is 346 g/mol. The van der Waals surface area contributed by atoms with Crippen molar-refractivity contribution < 1.29 is 14.3 Å². The number of hydrogen-bond acceptors (Lipinski definition) is 3. The van der Waals surface area contributed by atoms with Gasteiger partial charge in [0.15, 0.2) is 11.5 Å². The minimum Gasteiger partial charge on any atom is -0.486 e. The molecule has 0 fully saturated rings. The van der Waals surface area contributed by atoms with Gasteiger partial charge < -0.3 is 14.8 Å². The van der Waals surface area contributed by atoms with Crippen LogP contribution in [0.25, 0.3) is 0 Å². The number of rotatable bonds is 3. The number of carbonyl (C=O) groups is 1. The summed E-state index contributed by atoms with van der Waals surface area (Å²) in [5.41, 5.74) is 1.61. The van der Waals surface area contributed by atoms with Crippen LogP contribution in [0.1, 0.15) is 28.9 Å². The van der Waals surface area contributed by atoms with Gasteiger partial charge in [0.05, 0.1) is 6.04 Å². The molecule has 3 rings (SSSR count). The van der Waals surface area contributed by atoms with Gasteiger partial charge in [0.2, 0.25) is 0 Å². The minimum atomic E-state index is -0.132. The van der Waals surface area contributed by atoms with Crippen LogP contribution in [0.15, 0.2) is 46.9 Å². The van der Waals surface area contributed by atoms with Gasteiger partial charge in [0.25, 0.3) is 5.91 Å². The fourth-order valence-corrected chi connectivity index (χ4v) is 2.56. The lowest BCUT2D eigenvalue weighted by Gasteiger charge is -2.19. The molecule has 1 amide bonds. The highest BCUT2D eigenvalue weighted by Gasteiger charge is 2.16. The summed E-state index contributed by atoms with van der Waals surface area (Å²) >= 11 is 3.40. The van der Waals surface area contributed by atoms with Crippen LogP contribution >= 0.6 is 15.9 Å². The van der Waals surface area contributed by atoms with E-state index in [2.05, 4.69) is 21.2 Å². The van der Waals surface area contributed by atoms with E-state index in [-0.39, 0.29) is 11.9 Å². The van der Waals surface area contributed by atoms with E-state index in [1.54, 1.807) is 18.2 Å². The third-order valence-corrected chi connectivity index (χ3v) is 4.05. The van der Waals surface area contributed by atoms with E-state index >= 15 is 0 Å². The summed E-state index contributed by atoms with van der Waals surface area (Å²) in [6, 6.07) is 13.1. The van der Waals surface area contributed by atoms with Crippen molar-refractivity contribution in [3.63, 3.8) is 0 Å². The van der Waals surface area contributed by atoms with Gasteiger partial charge in [0, 0.05) is 10.0 Å². The van der Waals surface area contributed by atoms with Gasteiger partial charge in [-0.15, -0.1) is 0 Å². The summed E-state index contributed by atoms with van der Waals surface area (Å²) in [6.07, 6.45) is 0. The lowest BCUT2D eigenvalue weighted by Crippen LogP contribution is -2.27. The van der Waals surface area contributed by atoms with E-state index in [0.29, 0.717) is 30.3 Å². The Morgan fingerprint density at radius 1 is 1.09 bits per heavy atom. The Kier molecular flexibility index (Phi) is 4.34. The first-order valence-corrected chi connectivity index (χ1v) is 7.89. The van der Waals surface area contributed by atoms with Gasteiger partial charge in [-0.25, -0.2) is 0 Å². The van der Waals surface area contributed by atoms with Crippen molar-refractivity contribution in [3.8, 4) is 11.5 Å². The maximum Gasteiger partial charge on any atom is 0.251 e. The molecule has 1 atom stereocenters. The van der Waals surface area contributed by atoms with Crippen LogP contribution in [0.5, 0.6) is 11.5 Å². The average Bonchev–Trinajstić information content (AvgIpc) is 2.55. The van der Waals surface area contributed by atoms with E-state index in [4.69, 9.17) is 9.47 Å². The van der Waals surface area contributed by atoms with E-state index in [9.17, 15) is 4.79 Å². The van der Waals surface area contributed by atoms with E-state index in [0.717, 1.165) is 10.0 Å². The Hall–Kier alpha value is -2.01. The maximum atomic E-state index is 12.4. The number of ether oxygens (including phenoxy) is 2. The van der Waals surface area contributed by atoms with Crippen molar-refractivity contribution in [2.45, 2.75) is 13.0 Å². The van der Waals surface area contributed by atoms with Crippen LogP contribution < -0.4 is 14.8 Å². The molecule has 0 aromatic heterocycles. The first kappa shape index (κ1) is 14.9. The number of benzene rings is 2. The van der Waals surface area contributed by atoms with Crippen LogP contribution in [0.2, 0.25) is 0 Å². The summed E-state index contributed by atoms with van der Waals surface area (Å²) in [5.74, 6) is 1.17. The SMILES string of the molecule is C[C@H](NC(=O)c1ccc2c(c1)OCCO2)c1ccc(Br)cc1. The lowest BCUT2D eigenvalue weighted by molar-refractivity contribution is 0.0938. The van der Waals surface area contributed by atoms with Gasteiger partial charge in [-0.1, -0.05) is 28.1 Å². The molecular formula is C17H16BrNO3. The zero-order valence-electron chi connectivity index (χ0n) is 12.1. The summed E-state index contributed by atoms with van der Waals surface area (Å²) in [7, 11) is 0. The zero-order valence-corrected chi connectivity index (χ0v) is 13.7. The predicted molar refractivity (Wildman–Crippen MR) is 87.5 cm³/mol. The average molecular weight is 362 g/mol. The van der Waals surface area contributed by atoms with Crippen molar-refractivity contribution in [2.75, 3.05) is 13.2 Å². The highest BCUT2D eigenvalue weighted by molar-refractivity contribution is 9.10. The monoisotopic (exact) mass is 361 g/mol. The molecule has 1 aliphatic rings. The van der Waals surface area contributed by atoms with Crippen molar-refractivity contribution in [1.82, 2.24) is 5.32 Å². The highest BCUT2D eigenvalue weighted by Crippen LogP contribution is 2.30. The Bertz CT molecular complexity index is 685. The van der Waals surface area contributed by atoms with Gasteiger partial charge >= 0.3 is 0 Å². The number of fused-ring (bicyclic) bond motifs is 1. The Balaban J connectivity index is 1.72. The largest absolute Gasteiger partial charge is 0.486 e. The summed E-state index contributed by atoms with van der Waals surface area (Å²) in [6.45, 7) is 3.01. The number of hydrogen-bond donors (Lipinski definition) is 1.